The van der Waals surface area contributed by atoms with Crippen LogP contribution < -0.4 is 10.2 Å². The molecule has 10 nitrogen and oxygen atoms in total. The molecular formula is C26H29N7O3. The standard InChI is InChI=1S/C26H29N7O3/c1-2-32-19-22(16-29-32)33-7-6-25(34)24(30-33)15-20-4-3-5-21(14-20)26-27-17-23(18-28-26)36-13-10-31-8-11-35-12-9-31/h3-7,14,16-19H,2,8-13,15H2,1H3. The van der Waals surface area contributed by atoms with E-state index in [2.05, 4.69) is 25.1 Å². The molecule has 1 aliphatic rings. The quantitative estimate of drug-likeness (QED) is 0.354. The van der Waals surface area contributed by atoms with E-state index < -0.39 is 0 Å². The van der Waals surface area contributed by atoms with Crippen molar-refractivity contribution in [1.82, 2.24) is 34.4 Å². The molecule has 0 spiro atoms. The zero-order valence-electron chi connectivity index (χ0n) is 20.3. The minimum atomic E-state index is -0.102. The first kappa shape index (κ1) is 23.8. The fourth-order valence-electron chi connectivity index (χ4n) is 4.03. The largest absolute Gasteiger partial charge is 0.489 e. The number of ether oxygens (including phenoxy) is 2. The molecule has 0 N–H and O–H groups in total. The Balaban J connectivity index is 1.25. The minimum absolute atomic E-state index is 0.102. The van der Waals surface area contributed by atoms with Crippen molar-refractivity contribution in [3.63, 3.8) is 0 Å². The van der Waals surface area contributed by atoms with E-state index in [9.17, 15) is 4.79 Å². The lowest BCUT2D eigenvalue weighted by Gasteiger charge is -2.26. The molecular weight excluding hydrogens is 458 g/mol. The lowest BCUT2D eigenvalue weighted by atomic mass is 10.1. The van der Waals surface area contributed by atoms with Gasteiger partial charge in [0.25, 0.3) is 0 Å². The third-order valence-electron chi connectivity index (χ3n) is 6.05. The van der Waals surface area contributed by atoms with E-state index >= 15 is 0 Å². The van der Waals surface area contributed by atoms with Gasteiger partial charge in [-0.05, 0) is 18.6 Å². The number of hydrogen-bond acceptors (Lipinski definition) is 8. The molecule has 0 saturated carbocycles. The summed E-state index contributed by atoms with van der Waals surface area (Å²) >= 11 is 0. The maximum absolute atomic E-state index is 12.5. The van der Waals surface area contributed by atoms with Crippen molar-refractivity contribution in [2.75, 3.05) is 39.5 Å². The molecule has 10 heteroatoms. The average Bonchev–Trinajstić information content (AvgIpc) is 3.41. The Kier molecular flexibility index (Phi) is 7.44. The van der Waals surface area contributed by atoms with Crippen LogP contribution in [0.3, 0.4) is 0 Å². The van der Waals surface area contributed by atoms with Gasteiger partial charge < -0.3 is 9.47 Å². The minimum Gasteiger partial charge on any atom is -0.489 e. The van der Waals surface area contributed by atoms with Gasteiger partial charge in [0, 0.05) is 50.4 Å². The zero-order valence-corrected chi connectivity index (χ0v) is 20.3. The first-order valence-corrected chi connectivity index (χ1v) is 12.1. The molecule has 0 atom stereocenters. The SMILES string of the molecule is CCn1cc(-n2ccc(=O)c(Cc3cccc(-c4ncc(OCCN5CCOCC5)cn4)c3)n2)cn1. The van der Waals surface area contributed by atoms with Crippen molar-refractivity contribution in [3.8, 4) is 22.8 Å². The van der Waals surface area contributed by atoms with Gasteiger partial charge >= 0.3 is 0 Å². The van der Waals surface area contributed by atoms with E-state index in [1.807, 2.05) is 42.1 Å². The van der Waals surface area contributed by atoms with Crippen LogP contribution >= 0.6 is 0 Å². The van der Waals surface area contributed by atoms with E-state index in [1.54, 1.807) is 29.5 Å². The van der Waals surface area contributed by atoms with Crippen molar-refractivity contribution < 1.29 is 9.47 Å². The number of aryl methyl sites for hydroxylation is 1. The highest BCUT2D eigenvalue weighted by Gasteiger charge is 2.11. The van der Waals surface area contributed by atoms with Crippen molar-refractivity contribution in [3.05, 3.63) is 82.8 Å². The van der Waals surface area contributed by atoms with Gasteiger partial charge in [-0.3, -0.25) is 14.4 Å². The Labute approximate surface area is 209 Å². The summed E-state index contributed by atoms with van der Waals surface area (Å²) in [6.07, 6.45) is 9.09. The molecule has 0 bridgehead atoms. The van der Waals surface area contributed by atoms with Crippen molar-refractivity contribution in [2.45, 2.75) is 19.9 Å². The van der Waals surface area contributed by atoms with Gasteiger partial charge in [0.2, 0.25) is 5.43 Å². The summed E-state index contributed by atoms with van der Waals surface area (Å²) < 4.78 is 14.7. The highest BCUT2D eigenvalue weighted by atomic mass is 16.5. The van der Waals surface area contributed by atoms with Gasteiger partial charge in [-0.2, -0.15) is 10.2 Å². The maximum Gasteiger partial charge on any atom is 0.203 e. The lowest BCUT2D eigenvalue weighted by Crippen LogP contribution is -2.38. The van der Waals surface area contributed by atoms with Gasteiger partial charge in [0.1, 0.15) is 18.0 Å². The number of hydrogen-bond donors (Lipinski definition) is 0. The molecule has 1 saturated heterocycles. The summed E-state index contributed by atoms with van der Waals surface area (Å²) in [5, 5.41) is 8.84. The second-order valence-electron chi connectivity index (χ2n) is 8.55. The van der Waals surface area contributed by atoms with Crippen molar-refractivity contribution >= 4 is 0 Å². The fourth-order valence-corrected chi connectivity index (χ4v) is 4.03. The van der Waals surface area contributed by atoms with E-state index in [1.165, 1.54) is 6.07 Å². The van der Waals surface area contributed by atoms with Crippen LogP contribution in [0.15, 0.2) is 66.1 Å². The van der Waals surface area contributed by atoms with Crippen LogP contribution in [0.5, 0.6) is 5.75 Å². The molecule has 1 fully saturated rings. The predicted octanol–water partition coefficient (Wildman–Crippen LogP) is 2.21. The smallest absolute Gasteiger partial charge is 0.203 e. The van der Waals surface area contributed by atoms with Crippen LogP contribution in [0.1, 0.15) is 18.2 Å². The van der Waals surface area contributed by atoms with Gasteiger partial charge in [-0.25, -0.2) is 14.6 Å². The molecule has 1 aliphatic heterocycles. The molecule has 3 aromatic heterocycles. The summed E-state index contributed by atoms with van der Waals surface area (Å²) in [7, 11) is 0. The van der Waals surface area contributed by atoms with E-state index in [4.69, 9.17) is 9.47 Å². The molecule has 0 aliphatic carbocycles. The molecule has 5 rings (SSSR count). The second-order valence-corrected chi connectivity index (χ2v) is 8.55. The number of rotatable bonds is 9. The van der Waals surface area contributed by atoms with Crippen LogP contribution in [0.2, 0.25) is 0 Å². The van der Waals surface area contributed by atoms with Crippen LogP contribution in [0.25, 0.3) is 17.1 Å². The highest BCUT2D eigenvalue weighted by Crippen LogP contribution is 2.19. The molecule has 0 unspecified atom stereocenters. The van der Waals surface area contributed by atoms with Crippen LogP contribution in [0.4, 0.5) is 0 Å². The zero-order chi connectivity index (χ0) is 24.7. The number of morpholine rings is 1. The van der Waals surface area contributed by atoms with Crippen molar-refractivity contribution in [1.29, 1.82) is 0 Å². The molecule has 1 aromatic carbocycles. The third kappa shape index (κ3) is 5.84. The van der Waals surface area contributed by atoms with Gasteiger partial charge in [0.05, 0.1) is 38.0 Å². The topological polar surface area (TPSA) is 100 Å². The van der Waals surface area contributed by atoms with Crippen molar-refractivity contribution in [2.24, 2.45) is 0 Å². The highest BCUT2D eigenvalue weighted by molar-refractivity contribution is 5.56. The number of nitrogens with zero attached hydrogens (tertiary/aromatic N) is 7. The summed E-state index contributed by atoms with van der Waals surface area (Å²) in [6.45, 7) is 7.64. The lowest BCUT2D eigenvalue weighted by molar-refractivity contribution is 0.0322. The van der Waals surface area contributed by atoms with Gasteiger partial charge in [-0.1, -0.05) is 18.2 Å². The van der Waals surface area contributed by atoms with Crippen LogP contribution in [-0.2, 0) is 17.7 Å². The average molecular weight is 488 g/mol. The van der Waals surface area contributed by atoms with E-state index in [-0.39, 0.29) is 5.43 Å². The summed E-state index contributed by atoms with van der Waals surface area (Å²) in [5.41, 5.74) is 2.99. The Hall–Kier alpha value is -3.89. The first-order valence-electron chi connectivity index (χ1n) is 12.1. The summed E-state index contributed by atoms with van der Waals surface area (Å²) in [5.74, 6) is 1.24. The Morgan fingerprint density at radius 1 is 1.08 bits per heavy atom. The van der Waals surface area contributed by atoms with Crippen LogP contribution in [-0.4, -0.2) is 73.9 Å². The van der Waals surface area contributed by atoms with Gasteiger partial charge in [0.15, 0.2) is 11.6 Å². The molecule has 4 aromatic rings. The van der Waals surface area contributed by atoms with E-state index in [0.717, 1.165) is 56.2 Å². The maximum atomic E-state index is 12.5. The molecule has 0 radical (unpaired) electrons. The summed E-state index contributed by atoms with van der Waals surface area (Å²) in [4.78, 5) is 23.8. The first-order chi connectivity index (χ1) is 17.7. The number of aromatic nitrogens is 6. The normalized spacial score (nSPS) is 14.1. The van der Waals surface area contributed by atoms with Gasteiger partial charge in [-0.15, -0.1) is 0 Å². The summed E-state index contributed by atoms with van der Waals surface area (Å²) in [6, 6.07) is 9.39. The van der Waals surface area contributed by atoms with Crippen LogP contribution in [0, 0.1) is 0 Å². The third-order valence-corrected chi connectivity index (χ3v) is 6.05. The number of benzene rings is 1. The molecule has 186 valence electrons. The molecule has 0 amide bonds. The Morgan fingerprint density at radius 3 is 2.69 bits per heavy atom. The second kappa shape index (κ2) is 11.2. The Morgan fingerprint density at radius 2 is 1.92 bits per heavy atom. The molecule has 4 heterocycles. The molecule has 36 heavy (non-hydrogen) atoms. The fraction of sp³-hybridized carbons (Fsp3) is 0.346. The monoisotopic (exact) mass is 487 g/mol. The Bertz CT molecular complexity index is 1340. The predicted molar refractivity (Wildman–Crippen MR) is 134 cm³/mol. The van der Waals surface area contributed by atoms with E-state index in [0.29, 0.717) is 30.3 Å².